The molecule has 132 valence electrons. The molecule has 9 heteroatoms. The number of nitrogens with zero attached hydrogens (tertiary/aromatic N) is 2. The number of non-ortho nitro benzene ring substituents is 1. The van der Waals surface area contributed by atoms with Crippen molar-refractivity contribution >= 4 is 50.8 Å². The molecule has 0 saturated carbocycles. The summed E-state index contributed by atoms with van der Waals surface area (Å²) in [5.41, 5.74) is 1.02. The Bertz CT molecular complexity index is 936. The molecular formula is C17H12N2O5S2. The predicted octanol–water partition coefficient (Wildman–Crippen LogP) is 3.72. The standard InChI is InChI=1S/C17H12N2O5S2/c20-14(11-5-7-12(8-6-11)19(22)23)9-24-16(21)10-25-17-18-13-3-1-2-4-15(13)26-17/h1-8H,9-10H2. The number of esters is 1. The minimum atomic E-state index is -0.548. The molecule has 0 radical (unpaired) electrons. The molecule has 0 aliphatic rings. The number of nitro benzene ring substituents is 1. The van der Waals surface area contributed by atoms with Crippen LogP contribution in [0.15, 0.2) is 52.9 Å². The number of benzene rings is 2. The van der Waals surface area contributed by atoms with E-state index in [0.717, 1.165) is 14.6 Å². The predicted molar refractivity (Wildman–Crippen MR) is 98.7 cm³/mol. The minimum absolute atomic E-state index is 0.0490. The summed E-state index contributed by atoms with van der Waals surface area (Å²) in [5, 5.41) is 10.6. The van der Waals surface area contributed by atoms with Gasteiger partial charge in [0.15, 0.2) is 16.7 Å². The third-order valence-corrected chi connectivity index (χ3v) is 5.50. The third-order valence-electron chi connectivity index (χ3n) is 3.35. The molecule has 0 atom stereocenters. The summed E-state index contributed by atoms with van der Waals surface area (Å²) in [6, 6.07) is 12.8. The van der Waals surface area contributed by atoms with Crippen molar-refractivity contribution in [2.45, 2.75) is 4.34 Å². The van der Waals surface area contributed by atoms with Crippen LogP contribution in [0.3, 0.4) is 0 Å². The Morgan fingerprint density at radius 3 is 2.58 bits per heavy atom. The molecule has 0 N–H and O–H groups in total. The number of ether oxygens (including phenoxy) is 1. The maximum Gasteiger partial charge on any atom is 0.316 e. The van der Waals surface area contributed by atoms with Gasteiger partial charge in [-0.25, -0.2) is 4.98 Å². The van der Waals surface area contributed by atoms with Crippen LogP contribution < -0.4 is 0 Å². The minimum Gasteiger partial charge on any atom is -0.457 e. The maximum absolute atomic E-state index is 12.0. The number of fused-ring (bicyclic) bond motifs is 1. The number of nitro groups is 1. The van der Waals surface area contributed by atoms with Gasteiger partial charge in [-0.2, -0.15) is 0 Å². The highest BCUT2D eigenvalue weighted by atomic mass is 32.2. The molecule has 2 aromatic carbocycles. The van der Waals surface area contributed by atoms with Crippen LogP contribution in [0.4, 0.5) is 5.69 Å². The summed E-state index contributed by atoms with van der Waals surface area (Å²) < 4.78 is 6.76. The van der Waals surface area contributed by atoms with Gasteiger partial charge in [0, 0.05) is 17.7 Å². The van der Waals surface area contributed by atoms with Gasteiger partial charge in [0.2, 0.25) is 0 Å². The number of hydrogen-bond acceptors (Lipinski definition) is 8. The van der Waals surface area contributed by atoms with Crippen LogP contribution in [0.2, 0.25) is 0 Å². The van der Waals surface area contributed by atoms with Gasteiger partial charge in [0.05, 0.1) is 20.9 Å². The van der Waals surface area contributed by atoms with E-state index in [2.05, 4.69) is 4.98 Å². The first-order valence-electron chi connectivity index (χ1n) is 7.44. The van der Waals surface area contributed by atoms with Crippen LogP contribution >= 0.6 is 23.1 Å². The van der Waals surface area contributed by atoms with E-state index in [0.29, 0.717) is 0 Å². The maximum atomic E-state index is 12.0. The molecular weight excluding hydrogens is 376 g/mol. The third kappa shape index (κ3) is 4.44. The van der Waals surface area contributed by atoms with E-state index in [1.165, 1.54) is 47.4 Å². The molecule has 0 amide bonds. The molecule has 0 unspecified atom stereocenters. The van der Waals surface area contributed by atoms with Gasteiger partial charge in [-0.1, -0.05) is 23.9 Å². The largest absolute Gasteiger partial charge is 0.457 e. The number of carbonyl (C=O) groups excluding carboxylic acids is 2. The van der Waals surface area contributed by atoms with Crippen molar-refractivity contribution in [2.75, 3.05) is 12.4 Å². The van der Waals surface area contributed by atoms with Gasteiger partial charge in [-0.05, 0) is 24.3 Å². The molecule has 3 aromatic rings. The number of Topliss-reactive ketones (excluding diaryl/α,β-unsaturated/α-hetero) is 1. The molecule has 0 aliphatic carbocycles. The first kappa shape index (κ1) is 18.0. The van der Waals surface area contributed by atoms with Crippen molar-refractivity contribution < 1.29 is 19.2 Å². The normalized spacial score (nSPS) is 10.6. The van der Waals surface area contributed by atoms with Crippen LogP contribution in [-0.2, 0) is 9.53 Å². The fourth-order valence-electron chi connectivity index (χ4n) is 2.07. The molecule has 7 nitrogen and oxygen atoms in total. The summed E-state index contributed by atoms with van der Waals surface area (Å²) in [4.78, 5) is 38.2. The average molecular weight is 388 g/mol. The van der Waals surface area contributed by atoms with Gasteiger partial charge >= 0.3 is 5.97 Å². The van der Waals surface area contributed by atoms with Gasteiger partial charge in [-0.15, -0.1) is 11.3 Å². The zero-order chi connectivity index (χ0) is 18.5. The van der Waals surface area contributed by atoms with Crippen molar-refractivity contribution in [1.82, 2.24) is 4.98 Å². The molecule has 0 spiro atoms. The number of thiazole rings is 1. The van der Waals surface area contributed by atoms with E-state index in [4.69, 9.17) is 4.74 Å². The van der Waals surface area contributed by atoms with Crippen LogP contribution in [0, 0.1) is 10.1 Å². The average Bonchev–Trinajstić information content (AvgIpc) is 3.07. The molecule has 1 heterocycles. The number of ketones is 1. The number of rotatable bonds is 7. The van der Waals surface area contributed by atoms with E-state index in [1.807, 2.05) is 24.3 Å². The fourth-order valence-corrected chi connectivity index (χ4v) is 3.94. The van der Waals surface area contributed by atoms with Gasteiger partial charge in [-0.3, -0.25) is 19.7 Å². The molecule has 0 saturated heterocycles. The van der Waals surface area contributed by atoms with Gasteiger partial charge in [0.1, 0.15) is 0 Å². The number of carbonyl (C=O) groups is 2. The summed E-state index contributed by atoms with van der Waals surface area (Å²) >= 11 is 2.74. The van der Waals surface area contributed by atoms with E-state index in [9.17, 15) is 19.7 Å². The summed E-state index contributed by atoms with van der Waals surface area (Å²) in [5.74, 6) is -0.893. The van der Waals surface area contributed by atoms with Crippen molar-refractivity contribution in [3.63, 3.8) is 0 Å². The van der Waals surface area contributed by atoms with Gasteiger partial charge in [0.25, 0.3) is 5.69 Å². The lowest BCUT2D eigenvalue weighted by Gasteiger charge is -2.03. The Balaban J connectivity index is 1.48. The highest BCUT2D eigenvalue weighted by Gasteiger charge is 2.13. The van der Waals surface area contributed by atoms with Crippen molar-refractivity contribution in [2.24, 2.45) is 0 Å². The second-order valence-corrected chi connectivity index (χ2v) is 7.38. The lowest BCUT2D eigenvalue weighted by Crippen LogP contribution is -2.15. The van der Waals surface area contributed by atoms with Crippen LogP contribution in [0.5, 0.6) is 0 Å². The second-order valence-electron chi connectivity index (χ2n) is 5.12. The zero-order valence-electron chi connectivity index (χ0n) is 13.3. The molecule has 0 aliphatic heterocycles. The smallest absolute Gasteiger partial charge is 0.316 e. The van der Waals surface area contributed by atoms with E-state index in [-0.39, 0.29) is 17.0 Å². The van der Waals surface area contributed by atoms with Crippen LogP contribution in [-0.4, -0.2) is 34.0 Å². The fraction of sp³-hybridized carbons (Fsp3) is 0.118. The Labute approximate surface area is 156 Å². The quantitative estimate of drug-likeness (QED) is 0.200. The zero-order valence-corrected chi connectivity index (χ0v) is 14.9. The molecule has 26 heavy (non-hydrogen) atoms. The lowest BCUT2D eigenvalue weighted by atomic mass is 10.1. The lowest BCUT2D eigenvalue weighted by molar-refractivity contribution is -0.384. The van der Waals surface area contributed by atoms with E-state index in [1.54, 1.807) is 0 Å². The highest BCUT2D eigenvalue weighted by Crippen LogP contribution is 2.29. The Kier molecular flexibility index (Phi) is 5.59. The molecule has 1 aromatic heterocycles. The first-order chi connectivity index (χ1) is 12.5. The van der Waals surface area contributed by atoms with Crippen LogP contribution in [0.25, 0.3) is 10.2 Å². The van der Waals surface area contributed by atoms with Crippen molar-refractivity contribution in [3.8, 4) is 0 Å². The summed E-state index contributed by atoms with van der Waals surface area (Å²) in [6.45, 7) is -0.406. The van der Waals surface area contributed by atoms with Crippen molar-refractivity contribution in [3.05, 3.63) is 64.2 Å². The Hall–Kier alpha value is -2.78. The Morgan fingerprint density at radius 1 is 1.15 bits per heavy atom. The monoisotopic (exact) mass is 388 g/mol. The molecule has 3 rings (SSSR count). The topological polar surface area (TPSA) is 99.4 Å². The highest BCUT2D eigenvalue weighted by molar-refractivity contribution is 8.01. The number of aromatic nitrogens is 1. The molecule has 0 fully saturated rings. The number of para-hydroxylation sites is 1. The Morgan fingerprint density at radius 2 is 1.88 bits per heavy atom. The van der Waals surface area contributed by atoms with E-state index < -0.39 is 23.3 Å². The summed E-state index contributed by atoms with van der Waals surface area (Å²) in [7, 11) is 0. The SMILES string of the molecule is O=C(CSc1nc2ccccc2s1)OCC(=O)c1ccc([N+](=O)[O-])cc1. The second kappa shape index (κ2) is 8.07. The first-order valence-corrected chi connectivity index (χ1v) is 9.25. The number of hydrogen-bond donors (Lipinski definition) is 0. The van der Waals surface area contributed by atoms with Crippen molar-refractivity contribution in [1.29, 1.82) is 0 Å². The van der Waals surface area contributed by atoms with E-state index >= 15 is 0 Å². The van der Waals surface area contributed by atoms with Crippen LogP contribution in [0.1, 0.15) is 10.4 Å². The summed E-state index contributed by atoms with van der Waals surface area (Å²) in [6.07, 6.45) is 0. The molecule has 0 bridgehead atoms. The number of thioether (sulfide) groups is 1. The van der Waals surface area contributed by atoms with Gasteiger partial charge < -0.3 is 4.74 Å².